The second-order valence-electron chi connectivity index (χ2n) is 6.82. The molecule has 1 aromatic carbocycles. The molecule has 132 valence electrons. The van der Waals surface area contributed by atoms with Gasteiger partial charge in [-0.2, -0.15) is 0 Å². The van der Waals surface area contributed by atoms with E-state index in [0.717, 1.165) is 5.56 Å². The van der Waals surface area contributed by atoms with Gasteiger partial charge in [0.2, 0.25) is 0 Å². The fourth-order valence-electron chi connectivity index (χ4n) is 2.22. The highest BCUT2D eigenvalue weighted by Gasteiger charge is 2.17. The summed E-state index contributed by atoms with van der Waals surface area (Å²) in [5.74, 6) is -0.0712. The summed E-state index contributed by atoms with van der Waals surface area (Å²) in [6, 6.07) is 7.02. The van der Waals surface area contributed by atoms with Gasteiger partial charge >= 0.3 is 0 Å². The van der Waals surface area contributed by atoms with Crippen molar-refractivity contribution < 1.29 is 14.3 Å². The van der Waals surface area contributed by atoms with Gasteiger partial charge in [0.25, 0.3) is 11.8 Å². The van der Waals surface area contributed by atoms with Crippen molar-refractivity contribution in [2.75, 3.05) is 12.4 Å². The molecule has 0 aliphatic carbocycles. The molecule has 0 saturated heterocycles. The van der Waals surface area contributed by atoms with Crippen LogP contribution in [0.5, 0.6) is 5.75 Å². The monoisotopic (exact) mass is 341 g/mol. The van der Waals surface area contributed by atoms with Crippen LogP contribution in [0.25, 0.3) is 0 Å². The third kappa shape index (κ3) is 5.04. The fraction of sp³-hybridized carbons (Fsp3) is 0.316. The summed E-state index contributed by atoms with van der Waals surface area (Å²) in [6.07, 6.45) is 2.86. The third-order valence-electron chi connectivity index (χ3n) is 3.35. The van der Waals surface area contributed by atoms with Crippen molar-refractivity contribution in [3.05, 3.63) is 53.3 Å². The Morgan fingerprint density at radius 2 is 1.68 bits per heavy atom. The summed E-state index contributed by atoms with van der Waals surface area (Å²) in [5.41, 5.74) is 1.82. The molecule has 1 heterocycles. The average Bonchev–Trinajstić information content (AvgIpc) is 2.53. The Bertz CT molecular complexity index is 795. The number of amides is 2. The van der Waals surface area contributed by atoms with E-state index in [0.29, 0.717) is 22.6 Å². The molecular formula is C19H23N3O3. The van der Waals surface area contributed by atoms with E-state index >= 15 is 0 Å². The number of hydrogen-bond donors (Lipinski definition) is 2. The van der Waals surface area contributed by atoms with E-state index in [2.05, 4.69) is 15.6 Å². The number of pyridine rings is 1. The first-order valence-electron chi connectivity index (χ1n) is 7.93. The Balaban J connectivity index is 2.22. The normalized spacial score (nSPS) is 10.9. The molecule has 0 aliphatic rings. The fourth-order valence-corrected chi connectivity index (χ4v) is 2.22. The lowest BCUT2D eigenvalue weighted by Crippen LogP contribution is -2.40. The Morgan fingerprint density at radius 3 is 2.28 bits per heavy atom. The van der Waals surface area contributed by atoms with Crippen LogP contribution < -0.4 is 15.4 Å². The Hall–Kier alpha value is -2.89. The lowest BCUT2D eigenvalue weighted by molar-refractivity contribution is 0.0919. The zero-order valence-electron chi connectivity index (χ0n) is 15.1. The molecule has 0 saturated carbocycles. The highest BCUT2D eigenvalue weighted by molar-refractivity contribution is 6.06. The largest absolute Gasteiger partial charge is 0.495 e. The summed E-state index contributed by atoms with van der Waals surface area (Å²) in [7, 11) is 1.54. The van der Waals surface area contributed by atoms with E-state index < -0.39 is 0 Å². The van der Waals surface area contributed by atoms with Crippen LogP contribution in [0.3, 0.4) is 0 Å². The van der Waals surface area contributed by atoms with Crippen molar-refractivity contribution in [1.82, 2.24) is 10.3 Å². The topological polar surface area (TPSA) is 80.3 Å². The molecule has 0 atom stereocenters. The standard InChI is InChI=1S/C19H23N3O3/c1-12-6-7-16(25-5)15(8-12)21-17(23)13-9-14(11-20-10-13)18(24)22-19(2,3)4/h6-11H,1-5H3,(H,21,23)(H,22,24). The summed E-state index contributed by atoms with van der Waals surface area (Å²) in [4.78, 5) is 28.8. The number of ether oxygens (including phenoxy) is 1. The zero-order chi connectivity index (χ0) is 18.6. The molecule has 6 nitrogen and oxygen atoms in total. The van der Waals surface area contributed by atoms with E-state index in [9.17, 15) is 9.59 Å². The van der Waals surface area contributed by atoms with Gasteiger partial charge in [0.05, 0.1) is 23.9 Å². The van der Waals surface area contributed by atoms with Crippen molar-refractivity contribution in [2.45, 2.75) is 33.2 Å². The lowest BCUT2D eigenvalue weighted by Gasteiger charge is -2.20. The number of carbonyl (C=O) groups excluding carboxylic acids is 2. The van der Waals surface area contributed by atoms with E-state index in [4.69, 9.17) is 4.74 Å². The number of hydrogen-bond acceptors (Lipinski definition) is 4. The number of nitrogens with zero attached hydrogens (tertiary/aromatic N) is 1. The van der Waals surface area contributed by atoms with E-state index in [-0.39, 0.29) is 17.4 Å². The molecule has 2 amide bonds. The van der Waals surface area contributed by atoms with Crippen LogP contribution in [0.15, 0.2) is 36.7 Å². The molecule has 0 radical (unpaired) electrons. The number of aryl methyl sites for hydroxylation is 1. The summed E-state index contributed by atoms with van der Waals surface area (Å²) >= 11 is 0. The summed E-state index contributed by atoms with van der Waals surface area (Å²) in [5, 5.41) is 5.64. The highest BCUT2D eigenvalue weighted by atomic mass is 16.5. The Morgan fingerprint density at radius 1 is 1.04 bits per heavy atom. The van der Waals surface area contributed by atoms with Crippen LogP contribution in [0.2, 0.25) is 0 Å². The lowest BCUT2D eigenvalue weighted by atomic mass is 10.1. The van der Waals surface area contributed by atoms with Gasteiger partial charge in [0.15, 0.2) is 0 Å². The molecule has 2 aromatic rings. The number of methoxy groups -OCH3 is 1. The van der Waals surface area contributed by atoms with Gasteiger partial charge in [-0.05, 0) is 51.5 Å². The molecule has 6 heteroatoms. The van der Waals surface area contributed by atoms with Crippen molar-refractivity contribution >= 4 is 17.5 Å². The highest BCUT2D eigenvalue weighted by Crippen LogP contribution is 2.25. The summed E-state index contributed by atoms with van der Waals surface area (Å²) in [6.45, 7) is 7.59. The Kier molecular flexibility index (Phi) is 5.41. The average molecular weight is 341 g/mol. The van der Waals surface area contributed by atoms with Crippen LogP contribution in [0.1, 0.15) is 47.1 Å². The van der Waals surface area contributed by atoms with Gasteiger partial charge in [-0.3, -0.25) is 14.6 Å². The zero-order valence-corrected chi connectivity index (χ0v) is 15.1. The SMILES string of the molecule is COc1ccc(C)cc1NC(=O)c1cncc(C(=O)NC(C)(C)C)c1. The maximum atomic E-state index is 12.5. The number of nitrogens with one attached hydrogen (secondary N) is 2. The molecular weight excluding hydrogens is 318 g/mol. The molecule has 25 heavy (non-hydrogen) atoms. The molecule has 0 bridgehead atoms. The molecule has 2 N–H and O–H groups in total. The molecule has 2 rings (SSSR count). The maximum Gasteiger partial charge on any atom is 0.257 e. The molecule has 1 aromatic heterocycles. The first-order chi connectivity index (χ1) is 11.7. The van der Waals surface area contributed by atoms with Gasteiger partial charge in [0.1, 0.15) is 5.75 Å². The predicted octanol–water partition coefficient (Wildman–Crippen LogP) is 3.18. The third-order valence-corrected chi connectivity index (χ3v) is 3.35. The van der Waals surface area contributed by atoms with E-state index in [1.54, 1.807) is 13.2 Å². The van der Waals surface area contributed by atoms with Crippen LogP contribution in [0.4, 0.5) is 5.69 Å². The van der Waals surface area contributed by atoms with Crippen molar-refractivity contribution in [3.8, 4) is 5.75 Å². The first-order valence-corrected chi connectivity index (χ1v) is 7.93. The molecule has 0 unspecified atom stereocenters. The van der Waals surface area contributed by atoms with Crippen molar-refractivity contribution in [1.29, 1.82) is 0 Å². The van der Waals surface area contributed by atoms with Crippen LogP contribution in [-0.4, -0.2) is 29.4 Å². The van der Waals surface area contributed by atoms with Gasteiger partial charge in [-0.25, -0.2) is 0 Å². The van der Waals surface area contributed by atoms with Gasteiger partial charge in [-0.15, -0.1) is 0 Å². The maximum absolute atomic E-state index is 12.5. The van der Waals surface area contributed by atoms with Gasteiger partial charge < -0.3 is 15.4 Å². The molecule has 0 spiro atoms. The van der Waals surface area contributed by atoms with E-state index in [1.165, 1.54) is 18.5 Å². The minimum absolute atomic E-state index is 0.275. The second kappa shape index (κ2) is 7.34. The van der Waals surface area contributed by atoms with Crippen molar-refractivity contribution in [2.24, 2.45) is 0 Å². The second-order valence-corrected chi connectivity index (χ2v) is 6.82. The first kappa shape index (κ1) is 18.4. The smallest absolute Gasteiger partial charge is 0.257 e. The van der Waals surface area contributed by atoms with Crippen LogP contribution >= 0.6 is 0 Å². The summed E-state index contributed by atoms with van der Waals surface area (Å²) < 4.78 is 5.26. The quantitative estimate of drug-likeness (QED) is 0.895. The number of aromatic nitrogens is 1. The minimum atomic E-state index is -0.371. The number of benzene rings is 1. The van der Waals surface area contributed by atoms with Gasteiger partial charge in [0, 0.05) is 17.9 Å². The molecule has 0 aliphatic heterocycles. The minimum Gasteiger partial charge on any atom is -0.495 e. The van der Waals surface area contributed by atoms with Crippen LogP contribution in [0, 0.1) is 6.92 Å². The van der Waals surface area contributed by atoms with Crippen molar-refractivity contribution in [3.63, 3.8) is 0 Å². The van der Waals surface area contributed by atoms with Crippen LogP contribution in [-0.2, 0) is 0 Å². The van der Waals surface area contributed by atoms with Gasteiger partial charge in [-0.1, -0.05) is 6.07 Å². The van der Waals surface area contributed by atoms with E-state index in [1.807, 2.05) is 39.8 Å². The number of carbonyl (C=O) groups is 2. The molecule has 0 fully saturated rings. The number of rotatable bonds is 4. The number of anilines is 1. The predicted molar refractivity (Wildman–Crippen MR) is 97.1 cm³/mol. The Labute approximate surface area is 147 Å².